The van der Waals surface area contributed by atoms with Gasteiger partial charge in [-0.1, -0.05) is 37.6 Å². The van der Waals surface area contributed by atoms with Gasteiger partial charge in [0.2, 0.25) is 0 Å². The van der Waals surface area contributed by atoms with Crippen LogP contribution in [0.3, 0.4) is 0 Å². The molecule has 0 fully saturated rings. The average Bonchev–Trinajstić information content (AvgIpc) is 2.41. The predicted molar refractivity (Wildman–Crippen MR) is 73.9 cm³/mol. The third-order valence-corrected chi connectivity index (χ3v) is 2.69. The number of aryl methyl sites for hydroxylation is 1. The van der Waals surface area contributed by atoms with Crippen molar-refractivity contribution in [3.8, 4) is 0 Å². The highest BCUT2D eigenvalue weighted by Crippen LogP contribution is 2.08. The summed E-state index contributed by atoms with van der Waals surface area (Å²) in [6, 6.07) is 8.04. The van der Waals surface area contributed by atoms with Crippen LogP contribution >= 0.6 is 0 Å². The minimum atomic E-state index is -0.565. The highest BCUT2D eigenvalue weighted by molar-refractivity contribution is 5.81. The molecule has 0 aliphatic heterocycles. The van der Waals surface area contributed by atoms with Crippen molar-refractivity contribution in [1.29, 1.82) is 0 Å². The number of amides is 1. The number of Topliss-reactive ketones (excluding diaryl/α,β-unsaturated/α-hetero) is 1. The van der Waals surface area contributed by atoms with E-state index in [2.05, 4.69) is 24.4 Å². The smallest absolute Gasteiger partial charge is 0.407 e. The number of ketones is 1. The zero-order chi connectivity index (χ0) is 14.1. The molecule has 1 rings (SSSR count). The molecule has 19 heavy (non-hydrogen) atoms. The molecule has 4 heteroatoms. The molecular weight excluding hydrogens is 242 g/mol. The van der Waals surface area contributed by atoms with Crippen molar-refractivity contribution in [3.63, 3.8) is 0 Å². The van der Waals surface area contributed by atoms with Gasteiger partial charge in [-0.05, 0) is 30.9 Å². The fourth-order valence-electron chi connectivity index (χ4n) is 1.58. The molecule has 0 unspecified atom stereocenters. The molecule has 0 bridgehead atoms. The summed E-state index contributed by atoms with van der Waals surface area (Å²) in [6.45, 7) is 3.81. The topological polar surface area (TPSA) is 55.4 Å². The Morgan fingerprint density at radius 1 is 1.16 bits per heavy atom. The Balaban J connectivity index is 2.33. The van der Waals surface area contributed by atoms with Crippen molar-refractivity contribution in [2.24, 2.45) is 0 Å². The van der Waals surface area contributed by atoms with Gasteiger partial charge < -0.3 is 10.1 Å². The lowest BCUT2D eigenvalue weighted by Crippen LogP contribution is -2.28. The lowest BCUT2D eigenvalue weighted by Gasteiger charge is -2.06. The highest BCUT2D eigenvalue weighted by Gasteiger charge is 2.03. The van der Waals surface area contributed by atoms with Crippen LogP contribution in [-0.2, 0) is 22.6 Å². The number of unbranched alkanes of at least 4 members (excludes halogenated alkanes) is 1. The molecule has 0 aliphatic rings. The van der Waals surface area contributed by atoms with E-state index < -0.39 is 6.09 Å². The molecule has 1 amide bonds. The third-order valence-electron chi connectivity index (χ3n) is 2.69. The molecule has 0 atom stereocenters. The fraction of sp³-hybridized carbons (Fsp3) is 0.467. The number of nitrogens with one attached hydrogen (secondary N) is 1. The van der Waals surface area contributed by atoms with Crippen molar-refractivity contribution >= 4 is 11.9 Å². The molecule has 0 saturated carbocycles. The summed E-state index contributed by atoms with van der Waals surface area (Å²) in [4.78, 5) is 21.9. The molecule has 0 radical (unpaired) electrons. The summed E-state index contributed by atoms with van der Waals surface area (Å²) in [5, 5.41) is 2.38. The van der Waals surface area contributed by atoms with Crippen LogP contribution in [0.4, 0.5) is 4.79 Å². The van der Waals surface area contributed by atoms with Crippen LogP contribution in [-0.4, -0.2) is 18.4 Å². The van der Waals surface area contributed by atoms with Crippen molar-refractivity contribution in [3.05, 3.63) is 35.4 Å². The Morgan fingerprint density at radius 3 is 2.37 bits per heavy atom. The Kier molecular flexibility index (Phi) is 6.64. The predicted octanol–water partition coefficient (Wildman–Crippen LogP) is 2.84. The Bertz CT molecular complexity index is 412. The van der Waals surface area contributed by atoms with Gasteiger partial charge in [0, 0.05) is 0 Å². The number of hydrogen-bond acceptors (Lipinski definition) is 3. The Labute approximate surface area is 114 Å². The molecule has 1 aromatic rings. The maximum absolute atomic E-state index is 11.2. The van der Waals surface area contributed by atoms with Crippen LogP contribution in [0.25, 0.3) is 0 Å². The second kappa shape index (κ2) is 8.29. The molecular formula is C15H21NO3. The molecule has 0 saturated heterocycles. The van der Waals surface area contributed by atoms with Gasteiger partial charge in [0.25, 0.3) is 0 Å². The molecule has 4 nitrogen and oxygen atoms in total. The molecule has 1 N–H and O–H groups in total. The second-order valence-electron chi connectivity index (χ2n) is 4.55. The standard InChI is InChI=1S/C15H21NO3/c1-3-4-5-13-6-8-14(9-7-13)11-19-15(18)16-10-12(2)17/h6-9H,3-5,10-11H2,1-2H3,(H,16,18). The summed E-state index contributed by atoms with van der Waals surface area (Å²) in [6.07, 6.45) is 2.88. The highest BCUT2D eigenvalue weighted by atomic mass is 16.5. The zero-order valence-corrected chi connectivity index (χ0v) is 11.6. The van der Waals surface area contributed by atoms with E-state index in [4.69, 9.17) is 4.74 Å². The lowest BCUT2D eigenvalue weighted by atomic mass is 10.1. The van der Waals surface area contributed by atoms with Crippen molar-refractivity contribution in [2.45, 2.75) is 39.7 Å². The van der Waals surface area contributed by atoms with Gasteiger partial charge in [-0.3, -0.25) is 4.79 Å². The molecule has 0 aromatic heterocycles. The van der Waals surface area contributed by atoms with Crippen LogP contribution in [0.15, 0.2) is 24.3 Å². The van der Waals surface area contributed by atoms with Crippen LogP contribution < -0.4 is 5.32 Å². The van der Waals surface area contributed by atoms with Crippen LogP contribution in [0, 0.1) is 0 Å². The van der Waals surface area contributed by atoms with E-state index in [9.17, 15) is 9.59 Å². The lowest BCUT2D eigenvalue weighted by molar-refractivity contribution is -0.116. The van der Waals surface area contributed by atoms with E-state index in [0.29, 0.717) is 0 Å². The first kappa shape index (κ1) is 15.2. The molecule has 1 aromatic carbocycles. The Morgan fingerprint density at radius 2 is 1.79 bits per heavy atom. The minimum absolute atomic E-state index is 0.00872. The maximum Gasteiger partial charge on any atom is 0.407 e. The van der Waals surface area contributed by atoms with Gasteiger partial charge in [0.1, 0.15) is 12.4 Å². The van der Waals surface area contributed by atoms with E-state index in [1.807, 2.05) is 12.1 Å². The molecule has 0 heterocycles. The van der Waals surface area contributed by atoms with E-state index >= 15 is 0 Å². The fourth-order valence-corrected chi connectivity index (χ4v) is 1.58. The van der Waals surface area contributed by atoms with Crippen LogP contribution in [0.2, 0.25) is 0 Å². The number of ether oxygens (including phenoxy) is 1. The summed E-state index contributed by atoms with van der Waals surface area (Å²) < 4.78 is 5.00. The third kappa shape index (κ3) is 6.60. The summed E-state index contributed by atoms with van der Waals surface area (Å²) in [5.41, 5.74) is 2.24. The first-order valence-corrected chi connectivity index (χ1v) is 6.59. The molecule has 0 spiro atoms. The minimum Gasteiger partial charge on any atom is -0.445 e. The van der Waals surface area contributed by atoms with Crippen LogP contribution in [0.1, 0.15) is 37.8 Å². The number of rotatable bonds is 7. The Hall–Kier alpha value is -1.84. The van der Waals surface area contributed by atoms with Gasteiger partial charge >= 0.3 is 6.09 Å². The maximum atomic E-state index is 11.2. The van der Waals surface area contributed by atoms with Crippen LogP contribution in [0.5, 0.6) is 0 Å². The first-order valence-electron chi connectivity index (χ1n) is 6.59. The largest absolute Gasteiger partial charge is 0.445 e. The van der Waals surface area contributed by atoms with Gasteiger partial charge in [0.15, 0.2) is 0 Å². The average molecular weight is 263 g/mol. The number of carbonyl (C=O) groups is 2. The van der Waals surface area contributed by atoms with Gasteiger partial charge in [-0.15, -0.1) is 0 Å². The van der Waals surface area contributed by atoms with E-state index in [0.717, 1.165) is 12.0 Å². The summed E-state index contributed by atoms with van der Waals surface area (Å²) in [5.74, 6) is -0.0998. The monoisotopic (exact) mass is 263 g/mol. The summed E-state index contributed by atoms with van der Waals surface area (Å²) >= 11 is 0. The molecule has 0 aliphatic carbocycles. The summed E-state index contributed by atoms with van der Waals surface area (Å²) in [7, 11) is 0. The van der Waals surface area contributed by atoms with Crippen molar-refractivity contribution in [2.75, 3.05) is 6.54 Å². The van der Waals surface area contributed by atoms with Gasteiger partial charge in [-0.25, -0.2) is 4.79 Å². The van der Waals surface area contributed by atoms with Gasteiger partial charge in [-0.2, -0.15) is 0 Å². The van der Waals surface area contributed by atoms with Crippen molar-refractivity contribution in [1.82, 2.24) is 5.32 Å². The van der Waals surface area contributed by atoms with Gasteiger partial charge in [0.05, 0.1) is 6.54 Å². The number of alkyl carbamates (subject to hydrolysis) is 1. The number of carbonyl (C=O) groups excluding carboxylic acids is 2. The normalized spacial score (nSPS) is 10.0. The second-order valence-corrected chi connectivity index (χ2v) is 4.55. The van der Waals surface area contributed by atoms with E-state index in [1.54, 1.807) is 0 Å². The van der Waals surface area contributed by atoms with E-state index in [-0.39, 0.29) is 18.9 Å². The SMILES string of the molecule is CCCCc1ccc(COC(=O)NCC(C)=O)cc1. The number of hydrogen-bond donors (Lipinski definition) is 1. The van der Waals surface area contributed by atoms with Crippen molar-refractivity contribution < 1.29 is 14.3 Å². The van der Waals surface area contributed by atoms with E-state index in [1.165, 1.54) is 25.3 Å². The number of benzene rings is 1. The quantitative estimate of drug-likeness (QED) is 0.823. The first-order chi connectivity index (χ1) is 9.11. The molecule has 104 valence electrons. The zero-order valence-electron chi connectivity index (χ0n) is 11.6.